The molecule has 0 amide bonds. The maximum Gasteiger partial charge on any atom is 0.137 e. The molecular weight excluding hydrogens is 164 g/mol. The fourth-order valence-electron chi connectivity index (χ4n) is 2.61. The first-order valence-electron chi connectivity index (χ1n) is 4.83. The molecule has 0 N–H and O–H groups in total. The Morgan fingerprint density at radius 2 is 2.38 bits per heavy atom. The van der Waals surface area contributed by atoms with Crippen LogP contribution in [-0.2, 0) is 9.59 Å². The molecule has 13 heavy (non-hydrogen) atoms. The zero-order chi connectivity index (χ0) is 9.47. The van der Waals surface area contributed by atoms with Gasteiger partial charge in [-0.25, -0.2) is 0 Å². The number of aldehydes is 1. The predicted octanol–water partition coefficient (Wildman–Crippen LogP) is 1.75. The molecule has 0 saturated heterocycles. The molecule has 1 saturated carbocycles. The van der Waals surface area contributed by atoms with Crippen LogP contribution in [0.5, 0.6) is 0 Å². The van der Waals surface area contributed by atoms with Gasteiger partial charge in [-0.2, -0.15) is 0 Å². The lowest BCUT2D eigenvalue weighted by molar-refractivity contribution is -0.135. The standard InChI is InChI=1S/C11H14O2/c1-11-5-2-3-8(9(11)7-12)10(13)4-6-11/h2,5,7-9H,3-4,6H2,1H3/t8-,9+,11-/m1/s1. The van der Waals surface area contributed by atoms with Crippen molar-refractivity contribution >= 4 is 12.1 Å². The van der Waals surface area contributed by atoms with Crippen molar-refractivity contribution in [3.63, 3.8) is 0 Å². The fraction of sp³-hybridized carbons (Fsp3) is 0.636. The number of rotatable bonds is 1. The van der Waals surface area contributed by atoms with Gasteiger partial charge in [-0.05, 0) is 18.3 Å². The highest BCUT2D eigenvalue weighted by Gasteiger charge is 2.45. The van der Waals surface area contributed by atoms with Crippen LogP contribution in [0.2, 0.25) is 0 Å². The number of allylic oxidation sites excluding steroid dienone is 2. The monoisotopic (exact) mass is 178 g/mol. The van der Waals surface area contributed by atoms with E-state index in [-0.39, 0.29) is 23.0 Å². The van der Waals surface area contributed by atoms with Gasteiger partial charge in [0.25, 0.3) is 0 Å². The normalized spacial score (nSPS) is 43.3. The van der Waals surface area contributed by atoms with Gasteiger partial charge < -0.3 is 4.79 Å². The Balaban J connectivity index is 2.39. The zero-order valence-corrected chi connectivity index (χ0v) is 7.82. The molecule has 0 spiro atoms. The molecule has 2 bridgehead atoms. The van der Waals surface area contributed by atoms with E-state index in [2.05, 4.69) is 19.1 Å². The molecule has 2 heteroatoms. The fourth-order valence-corrected chi connectivity index (χ4v) is 2.61. The van der Waals surface area contributed by atoms with E-state index in [0.29, 0.717) is 6.42 Å². The molecular formula is C11H14O2. The summed E-state index contributed by atoms with van der Waals surface area (Å²) in [7, 11) is 0. The predicted molar refractivity (Wildman–Crippen MR) is 49.1 cm³/mol. The summed E-state index contributed by atoms with van der Waals surface area (Å²) in [5.41, 5.74) is -0.0431. The summed E-state index contributed by atoms with van der Waals surface area (Å²) < 4.78 is 0. The second kappa shape index (κ2) is 2.79. The zero-order valence-electron chi connectivity index (χ0n) is 7.82. The van der Waals surface area contributed by atoms with Gasteiger partial charge in [-0.15, -0.1) is 0 Å². The number of carbonyl (C=O) groups excluding carboxylic acids is 2. The molecule has 0 radical (unpaired) electrons. The molecule has 2 rings (SSSR count). The molecule has 0 aliphatic heterocycles. The minimum absolute atomic E-state index is 0.0266. The molecule has 3 atom stereocenters. The Labute approximate surface area is 78.0 Å². The summed E-state index contributed by atoms with van der Waals surface area (Å²) in [5, 5.41) is 0. The van der Waals surface area contributed by atoms with Crippen molar-refractivity contribution in [1.29, 1.82) is 0 Å². The molecule has 2 aliphatic carbocycles. The number of carbonyl (C=O) groups is 2. The lowest BCUT2D eigenvalue weighted by atomic mass is 9.59. The highest BCUT2D eigenvalue weighted by atomic mass is 16.1. The summed E-state index contributed by atoms with van der Waals surface area (Å²) in [4.78, 5) is 22.5. The quantitative estimate of drug-likeness (QED) is 0.453. The summed E-state index contributed by atoms with van der Waals surface area (Å²) in [5.74, 6) is 0.180. The van der Waals surface area contributed by atoms with Crippen molar-refractivity contribution in [2.75, 3.05) is 0 Å². The molecule has 0 aromatic carbocycles. The van der Waals surface area contributed by atoms with Crippen molar-refractivity contribution in [3.8, 4) is 0 Å². The Hall–Kier alpha value is -0.920. The van der Waals surface area contributed by atoms with Gasteiger partial charge in [0.05, 0.1) is 0 Å². The molecule has 70 valence electrons. The van der Waals surface area contributed by atoms with Gasteiger partial charge >= 0.3 is 0 Å². The highest BCUT2D eigenvalue weighted by molar-refractivity contribution is 5.86. The molecule has 2 aliphatic rings. The van der Waals surface area contributed by atoms with Gasteiger partial charge in [-0.1, -0.05) is 19.1 Å². The van der Waals surface area contributed by atoms with Crippen LogP contribution in [-0.4, -0.2) is 12.1 Å². The minimum atomic E-state index is -0.0706. The smallest absolute Gasteiger partial charge is 0.137 e. The first kappa shape index (κ1) is 8.67. The third-order valence-corrected chi connectivity index (χ3v) is 3.55. The first-order valence-corrected chi connectivity index (χ1v) is 4.83. The molecule has 0 heterocycles. The average molecular weight is 178 g/mol. The van der Waals surface area contributed by atoms with E-state index >= 15 is 0 Å². The summed E-state index contributed by atoms with van der Waals surface area (Å²) in [6.07, 6.45) is 7.40. The van der Waals surface area contributed by atoms with Crippen molar-refractivity contribution in [2.45, 2.75) is 26.2 Å². The van der Waals surface area contributed by atoms with Crippen LogP contribution in [0.1, 0.15) is 26.2 Å². The lowest BCUT2D eigenvalue weighted by Crippen LogP contribution is -2.43. The average Bonchev–Trinajstić information content (AvgIpc) is 2.12. The maximum atomic E-state index is 11.5. The Kier molecular flexibility index (Phi) is 1.86. The van der Waals surface area contributed by atoms with E-state index in [0.717, 1.165) is 19.1 Å². The Morgan fingerprint density at radius 1 is 1.62 bits per heavy atom. The number of hydrogen-bond acceptors (Lipinski definition) is 2. The SMILES string of the molecule is C[C@@]12C=CC[C@@H](C(=O)CC1)[C@@H]2C=O. The Bertz CT molecular complexity index is 280. The van der Waals surface area contributed by atoms with E-state index in [4.69, 9.17) is 0 Å². The number of hydrogen-bond donors (Lipinski definition) is 0. The van der Waals surface area contributed by atoms with Crippen LogP contribution in [0.4, 0.5) is 0 Å². The van der Waals surface area contributed by atoms with Crippen molar-refractivity contribution < 1.29 is 9.59 Å². The highest BCUT2D eigenvalue weighted by Crippen LogP contribution is 2.47. The van der Waals surface area contributed by atoms with Gasteiger partial charge in [0.1, 0.15) is 12.1 Å². The molecule has 2 nitrogen and oxygen atoms in total. The number of Topliss-reactive ketones (excluding diaryl/α,β-unsaturated/α-hetero) is 1. The molecule has 0 unspecified atom stereocenters. The van der Waals surface area contributed by atoms with Gasteiger partial charge in [0.2, 0.25) is 0 Å². The second-order valence-electron chi connectivity index (χ2n) is 4.38. The molecule has 1 fully saturated rings. The van der Waals surface area contributed by atoms with E-state index in [1.807, 2.05) is 0 Å². The maximum absolute atomic E-state index is 11.5. The Morgan fingerprint density at radius 3 is 3.00 bits per heavy atom. The molecule has 0 aromatic rings. The molecule has 0 aromatic heterocycles. The van der Waals surface area contributed by atoms with Crippen LogP contribution in [0.25, 0.3) is 0 Å². The largest absolute Gasteiger partial charge is 0.303 e. The van der Waals surface area contributed by atoms with E-state index < -0.39 is 0 Å². The third kappa shape index (κ3) is 1.16. The summed E-state index contributed by atoms with van der Waals surface area (Å²) >= 11 is 0. The van der Waals surface area contributed by atoms with Crippen molar-refractivity contribution in [2.24, 2.45) is 17.3 Å². The van der Waals surface area contributed by atoms with E-state index in [1.165, 1.54) is 0 Å². The van der Waals surface area contributed by atoms with Crippen molar-refractivity contribution in [1.82, 2.24) is 0 Å². The summed E-state index contributed by atoms with van der Waals surface area (Å²) in [6, 6.07) is 0. The van der Waals surface area contributed by atoms with Gasteiger partial charge in [0.15, 0.2) is 0 Å². The second-order valence-corrected chi connectivity index (χ2v) is 4.38. The van der Waals surface area contributed by atoms with Crippen LogP contribution >= 0.6 is 0 Å². The van der Waals surface area contributed by atoms with Gasteiger partial charge in [0, 0.05) is 18.3 Å². The van der Waals surface area contributed by atoms with Crippen LogP contribution in [0.3, 0.4) is 0 Å². The number of fused-ring (bicyclic) bond motifs is 2. The lowest BCUT2D eigenvalue weighted by Gasteiger charge is -2.43. The van der Waals surface area contributed by atoms with Gasteiger partial charge in [-0.3, -0.25) is 4.79 Å². The van der Waals surface area contributed by atoms with Crippen molar-refractivity contribution in [3.05, 3.63) is 12.2 Å². The van der Waals surface area contributed by atoms with E-state index in [1.54, 1.807) is 0 Å². The van der Waals surface area contributed by atoms with Crippen LogP contribution in [0, 0.1) is 17.3 Å². The van der Waals surface area contributed by atoms with Crippen LogP contribution in [0.15, 0.2) is 12.2 Å². The minimum Gasteiger partial charge on any atom is -0.303 e. The third-order valence-electron chi connectivity index (χ3n) is 3.55. The number of ketones is 1. The summed E-state index contributed by atoms with van der Waals surface area (Å²) in [6.45, 7) is 2.08. The van der Waals surface area contributed by atoms with Crippen LogP contribution < -0.4 is 0 Å². The topological polar surface area (TPSA) is 34.1 Å². The first-order chi connectivity index (χ1) is 6.17. The van der Waals surface area contributed by atoms with E-state index in [9.17, 15) is 9.59 Å².